The number of aryl methyl sites for hydroxylation is 1. The molecule has 130 heavy (non-hydrogen) atoms. The highest BCUT2D eigenvalue weighted by molar-refractivity contribution is 6.32. The third-order valence-corrected chi connectivity index (χ3v) is 23.6. The van der Waals surface area contributed by atoms with Crippen molar-refractivity contribution in [1.82, 2.24) is 59.8 Å². The Morgan fingerprint density at radius 2 is 0.646 bits per heavy atom. The molecule has 0 bridgehead atoms. The van der Waals surface area contributed by atoms with Crippen molar-refractivity contribution in [1.29, 1.82) is 0 Å². The highest BCUT2D eigenvalue weighted by Gasteiger charge is 2.23. The van der Waals surface area contributed by atoms with Crippen molar-refractivity contribution in [2.75, 3.05) is 171 Å². The number of hydrogen-bond acceptors (Lipinski definition) is 30. The number of pyridine rings is 3. The van der Waals surface area contributed by atoms with E-state index in [1.807, 2.05) is 158 Å². The largest absolute Gasteiger partial charge is 0.497 e. The number of piperidine rings is 2. The van der Waals surface area contributed by atoms with Gasteiger partial charge in [0.2, 0.25) is 53.5 Å². The average Bonchev–Trinajstić information content (AvgIpc) is 0.774. The number of rotatable bonds is 33. The van der Waals surface area contributed by atoms with Crippen molar-refractivity contribution in [2.45, 2.75) is 96.4 Å². The highest BCUT2D eigenvalue weighted by Crippen LogP contribution is 2.39. The van der Waals surface area contributed by atoms with Crippen LogP contribution >= 0.6 is 34.8 Å². The molecule has 3 fully saturated rings. The number of fused-ring (bicyclic) bond motifs is 6. The normalized spacial score (nSPS) is 13.3. The van der Waals surface area contributed by atoms with E-state index < -0.39 is 0 Å². The molecule has 1 saturated carbocycles. The van der Waals surface area contributed by atoms with E-state index in [1.165, 1.54) is 37.7 Å². The molecule has 33 heteroatoms. The molecule has 0 atom stereocenters. The maximum Gasteiger partial charge on any atom is 0.233 e. The van der Waals surface area contributed by atoms with Gasteiger partial charge in [-0.25, -0.2) is 15.0 Å². The summed E-state index contributed by atoms with van der Waals surface area (Å²) in [4.78, 5) is 61.5. The third-order valence-electron chi connectivity index (χ3n) is 22.9. The van der Waals surface area contributed by atoms with Crippen LogP contribution in [0, 0.1) is 0 Å². The molecule has 0 spiro atoms. The first-order valence-corrected chi connectivity index (χ1v) is 45.3. The Morgan fingerprint density at radius 3 is 1.09 bits per heavy atom. The van der Waals surface area contributed by atoms with Crippen LogP contribution in [-0.4, -0.2) is 174 Å². The lowest BCUT2D eigenvalue weighted by Gasteiger charge is -2.27. The van der Waals surface area contributed by atoms with Gasteiger partial charge in [-0.05, 0) is 221 Å². The van der Waals surface area contributed by atoms with Crippen molar-refractivity contribution in [3.8, 4) is 34.5 Å². The molecule has 8 heterocycles. The number of hydrogen-bond donors (Lipinski definition) is 10. The standard InChI is InChI=1S/C33H37ClN8O3.C33H37ClN8O.C31H33ClN8O2/c1-43-23-10-12-28-27(19-23)30(26-11-9-20(34)15-29(26)39-28)35-13-14-36-31-40-32(37-21-7-5-4-6-8-21)42-33(41-31)38-22-16-24(44-2)18-25(17-22)45-3;1-3-22-8-15-28-27(20-22)30(26-14-9-23(34)21-29(26)38-28)35-16-7-17-36-31-39-32(37-24-10-12-25(43-2)13-11-24)41-33(40-31)42-18-5-4-6-19-42;1-41-22-9-7-21(8-10-22)35-30-37-29(38-31(39-30)40-16-4-3-5-17-40)34-15-14-33-28-24-12-6-20(32)18-27(24)36-26-13-11-23(42-2)19-25(26)28/h9-12,15-19,21H,4-8,13-14H2,1-3H3,(H,35,39)(H3,36,37,38,40,41,42);8-15,20-21H,3-7,16-19H2,1-2H3,(H,35,38)(H2,36,37,39,40,41);6-13,18-19H,3-5,14-17H2,1-2H3,(H,33,36)(H2,34,35,37,38,39). The Labute approximate surface area is 770 Å². The van der Waals surface area contributed by atoms with Gasteiger partial charge in [0.1, 0.15) is 34.5 Å². The Hall–Kier alpha value is -13.7. The van der Waals surface area contributed by atoms with Gasteiger partial charge in [-0.3, -0.25) is 0 Å². The van der Waals surface area contributed by atoms with Crippen molar-refractivity contribution in [3.05, 3.63) is 197 Å². The van der Waals surface area contributed by atoms with Gasteiger partial charge in [0.25, 0.3) is 0 Å². The molecule has 6 aromatic heterocycles. The smallest absolute Gasteiger partial charge is 0.233 e. The number of aromatic nitrogens is 12. The minimum absolute atomic E-state index is 0.333. The summed E-state index contributed by atoms with van der Waals surface area (Å²) in [6.07, 6.45) is 14.7. The summed E-state index contributed by atoms with van der Waals surface area (Å²) in [6.45, 7) is 9.72. The van der Waals surface area contributed by atoms with Crippen LogP contribution in [0.5, 0.6) is 34.5 Å². The van der Waals surface area contributed by atoms with Crippen molar-refractivity contribution in [2.24, 2.45) is 0 Å². The fraction of sp³-hybridized carbons (Fsp3) is 0.320. The number of ether oxygens (including phenoxy) is 6. The molecule has 1 aliphatic carbocycles. The number of nitrogens with one attached hydrogen (secondary N) is 10. The second-order valence-electron chi connectivity index (χ2n) is 31.7. The Kier molecular flexibility index (Phi) is 29.9. The van der Waals surface area contributed by atoms with Gasteiger partial charge in [0.05, 0.1) is 92.8 Å². The second kappa shape index (κ2) is 43.4. The highest BCUT2D eigenvalue weighted by atomic mass is 35.5. The van der Waals surface area contributed by atoms with Gasteiger partial charge < -0.3 is 91.4 Å². The SMILES string of the molecule is CCc1ccc2nc3cc(Cl)ccc3c(NCCCNc3nc(Nc4ccc(OC)cc4)nc(N4CCCCC4)n3)c2c1.COc1cc(Nc2nc(NCCNc3c4ccc(Cl)cc4nc4ccc(OC)cc34)nc(NC3CCCCC3)n2)cc(OC)c1.COc1ccc(Nc2nc(NCCNc3c4ccc(Cl)cc4nc4ccc(OC)cc34)nc(N3CCCCC3)n2)cc1. The molecule has 672 valence electrons. The first kappa shape index (κ1) is 89.7. The Morgan fingerprint density at radius 1 is 0.292 bits per heavy atom. The number of benzene rings is 9. The summed E-state index contributed by atoms with van der Waals surface area (Å²) in [5.74, 6) is 9.28. The summed E-state index contributed by atoms with van der Waals surface area (Å²) < 4.78 is 32.4. The summed E-state index contributed by atoms with van der Waals surface area (Å²) >= 11 is 18.9. The summed E-state index contributed by atoms with van der Waals surface area (Å²) in [6, 6.07) is 56.9. The molecule has 2 aliphatic heterocycles. The molecular formula is C97H107Cl3N24O6. The fourth-order valence-electron chi connectivity index (χ4n) is 16.1. The Bertz CT molecular complexity index is 6390. The topological polar surface area (TPSA) is 337 Å². The van der Waals surface area contributed by atoms with E-state index in [1.54, 1.807) is 42.7 Å². The van der Waals surface area contributed by atoms with Crippen LogP contribution in [-0.2, 0) is 6.42 Å². The maximum absolute atomic E-state index is 6.31. The van der Waals surface area contributed by atoms with Gasteiger partial charge in [-0.15, -0.1) is 0 Å². The molecular weight excluding hydrogens is 1700 g/mol. The summed E-state index contributed by atoms with van der Waals surface area (Å²) in [7, 11) is 9.87. The van der Waals surface area contributed by atoms with Crippen LogP contribution in [0.25, 0.3) is 65.4 Å². The van der Waals surface area contributed by atoms with Crippen molar-refractivity contribution in [3.63, 3.8) is 0 Å². The summed E-state index contributed by atoms with van der Waals surface area (Å²) in [5.41, 5.74) is 12.0. The van der Waals surface area contributed by atoms with E-state index in [0.717, 1.165) is 207 Å². The molecule has 10 N–H and O–H groups in total. The predicted octanol–water partition coefficient (Wildman–Crippen LogP) is 21.2. The maximum atomic E-state index is 6.31. The van der Waals surface area contributed by atoms with E-state index in [0.29, 0.717) is 119 Å². The molecule has 3 aliphatic rings. The average molecular weight is 1810 g/mol. The Balaban J connectivity index is 0.000000143. The molecule has 15 aromatic rings. The number of anilines is 15. The second-order valence-corrected chi connectivity index (χ2v) is 33.0. The van der Waals surface area contributed by atoms with Crippen LogP contribution in [0.4, 0.5) is 87.7 Å². The quantitative estimate of drug-likeness (QED) is 0.0135. The van der Waals surface area contributed by atoms with E-state index in [2.05, 4.69) is 103 Å². The number of halogens is 3. The van der Waals surface area contributed by atoms with Gasteiger partial charge in [0, 0.05) is 154 Å². The van der Waals surface area contributed by atoms with Gasteiger partial charge in [-0.1, -0.05) is 67.1 Å². The van der Waals surface area contributed by atoms with Crippen LogP contribution in [0.1, 0.15) is 89.5 Å². The minimum atomic E-state index is 0.333. The molecule has 18 rings (SSSR count). The minimum Gasteiger partial charge on any atom is -0.497 e. The van der Waals surface area contributed by atoms with Gasteiger partial charge in [0.15, 0.2) is 0 Å². The monoisotopic (exact) mass is 1810 g/mol. The number of methoxy groups -OCH3 is 6. The lowest BCUT2D eigenvalue weighted by Crippen LogP contribution is -2.31. The molecule has 2 saturated heterocycles. The van der Waals surface area contributed by atoms with Gasteiger partial charge in [-0.2, -0.15) is 44.9 Å². The van der Waals surface area contributed by atoms with Crippen LogP contribution in [0.15, 0.2) is 176 Å². The van der Waals surface area contributed by atoms with Crippen LogP contribution in [0.2, 0.25) is 15.1 Å². The first-order chi connectivity index (χ1) is 63.7. The van der Waals surface area contributed by atoms with Crippen molar-refractivity contribution >= 4 is 188 Å². The lowest BCUT2D eigenvalue weighted by atomic mass is 9.96. The molecule has 0 amide bonds. The van der Waals surface area contributed by atoms with E-state index >= 15 is 0 Å². The number of nitrogens with zero attached hydrogens (tertiary/aromatic N) is 14. The van der Waals surface area contributed by atoms with E-state index in [4.69, 9.17) is 108 Å². The predicted molar refractivity (Wildman–Crippen MR) is 528 cm³/mol. The van der Waals surface area contributed by atoms with E-state index in [9.17, 15) is 0 Å². The zero-order valence-electron chi connectivity index (χ0n) is 73.9. The third kappa shape index (κ3) is 23.0. The van der Waals surface area contributed by atoms with Crippen LogP contribution in [0.3, 0.4) is 0 Å². The first-order valence-electron chi connectivity index (χ1n) is 44.2. The zero-order chi connectivity index (χ0) is 89.7. The summed E-state index contributed by atoms with van der Waals surface area (Å²) in [5, 5.41) is 42.6. The van der Waals surface area contributed by atoms with Crippen LogP contribution < -0.4 is 91.4 Å². The molecule has 0 unspecified atom stereocenters. The van der Waals surface area contributed by atoms with E-state index in [-0.39, 0.29) is 0 Å². The fourth-order valence-corrected chi connectivity index (χ4v) is 16.6. The molecule has 9 aromatic carbocycles. The molecule has 0 radical (unpaired) electrons. The molecule has 30 nitrogen and oxygen atoms in total. The lowest BCUT2D eigenvalue weighted by molar-refractivity contribution is 0.395. The van der Waals surface area contributed by atoms with Gasteiger partial charge >= 0.3 is 0 Å². The zero-order valence-corrected chi connectivity index (χ0v) is 76.2. The van der Waals surface area contributed by atoms with Crippen molar-refractivity contribution < 1.29 is 28.4 Å².